The second-order valence-electron chi connectivity index (χ2n) is 25.0. The highest BCUT2D eigenvalue weighted by Crippen LogP contribution is 2.57. The highest BCUT2D eigenvalue weighted by atomic mass is 16.3. The maximum atomic E-state index is 11.2. The number of benzene rings is 16. The monoisotopic (exact) mass is 1270 g/mol. The standard InChI is InChI=1S/C96H66O3/c97-79-52-46-73(47-53-79)93-84(66-32-14-3-15-33-66)63-85(90(69-38-20-6-21-39-69)94(93)72-44-26-9-27-45-72)76-58-77(86-61-82(64-28-10-1-11-29-64)88(67-34-16-4-17-35-67)95(74-48-54-80(98)55-49-74)91(86)70-40-22-7-23-41-70)60-78(59-76)87-62-83(65-30-12-2-13-31-65)89(68-36-18-5-19-37-68)96(75-50-56-81(99)57-51-75)92(87)71-42-24-8-25-43-71/h1-63,97-99H. The van der Waals surface area contributed by atoms with Gasteiger partial charge in [0, 0.05) is 0 Å². The molecule has 0 atom stereocenters. The molecule has 16 rings (SSSR count). The minimum absolute atomic E-state index is 0.183. The van der Waals surface area contributed by atoms with Crippen molar-refractivity contribution in [2.45, 2.75) is 0 Å². The van der Waals surface area contributed by atoms with Crippen LogP contribution in [0.2, 0.25) is 0 Å². The van der Waals surface area contributed by atoms with Gasteiger partial charge in [-0.25, -0.2) is 0 Å². The zero-order valence-electron chi connectivity index (χ0n) is 54.2. The third kappa shape index (κ3) is 12.0. The molecule has 0 aliphatic heterocycles. The highest BCUT2D eigenvalue weighted by molar-refractivity contribution is 6.13. The zero-order chi connectivity index (χ0) is 66.6. The van der Waals surface area contributed by atoms with Crippen LogP contribution in [0, 0.1) is 0 Å². The summed E-state index contributed by atoms with van der Waals surface area (Å²) >= 11 is 0. The molecule has 0 saturated carbocycles. The van der Waals surface area contributed by atoms with Crippen LogP contribution in [-0.2, 0) is 0 Å². The average Bonchev–Trinajstić information content (AvgIpc) is 0.737. The van der Waals surface area contributed by atoms with Crippen molar-refractivity contribution in [3.63, 3.8) is 0 Å². The van der Waals surface area contributed by atoms with E-state index in [1.807, 2.05) is 12.1 Å². The molecule has 3 nitrogen and oxygen atoms in total. The Morgan fingerprint density at radius 3 is 0.444 bits per heavy atom. The van der Waals surface area contributed by atoms with E-state index in [4.69, 9.17) is 0 Å². The summed E-state index contributed by atoms with van der Waals surface area (Å²) in [7, 11) is 0. The van der Waals surface area contributed by atoms with Gasteiger partial charge < -0.3 is 15.3 Å². The van der Waals surface area contributed by atoms with Crippen molar-refractivity contribution in [1.82, 2.24) is 0 Å². The van der Waals surface area contributed by atoms with Crippen LogP contribution < -0.4 is 0 Å². The number of rotatable bonds is 15. The Hall–Kier alpha value is -13.1. The lowest BCUT2D eigenvalue weighted by Gasteiger charge is -2.27. The van der Waals surface area contributed by atoms with Gasteiger partial charge in [0.05, 0.1) is 0 Å². The van der Waals surface area contributed by atoms with Gasteiger partial charge in [0.1, 0.15) is 17.2 Å². The molecule has 0 aliphatic carbocycles. The second-order valence-corrected chi connectivity index (χ2v) is 25.0. The zero-order valence-corrected chi connectivity index (χ0v) is 54.2. The second kappa shape index (κ2) is 27.0. The molecule has 0 saturated heterocycles. The smallest absolute Gasteiger partial charge is 0.115 e. The molecule has 16 aromatic rings. The van der Waals surface area contributed by atoms with Gasteiger partial charge in [-0.15, -0.1) is 0 Å². The van der Waals surface area contributed by atoms with Crippen LogP contribution in [0.5, 0.6) is 17.2 Å². The van der Waals surface area contributed by atoms with Crippen LogP contribution >= 0.6 is 0 Å². The van der Waals surface area contributed by atoms with E-state index in [2.05, 4.69) is 334 Å². The van der Waals surface area contributed by atoms with Crippen molar-refractivity contribution < 1.29 is 15.3 Å². The largest absolute Gasteiger partial charge is 0.508 e. The van der Waals surface area contributed by atoms with E-state index in [9.17, 15) is 15.3 Å². The Balaban J connectivity index is 1.15. The number of phenolic OH excluding ortho intramolecular Hbond substituents is 3. The van der Waals surface area contributed by atoms with Crippen molar-refractivity contribution in [2.24, 2.45) is 0 Å². The third-order valence-electron chi connectivity index (χ3n) is 18.9. The first-order valence-electron chi connectivity index (χ1n) is 33.5. The summed E-state index contributed by atoms with van der Waals surface area (Å²) in [6.07, 6.45) is 0. The Bertz CT molecular complexity index is 5280. The first-order valence-corrected chi connectivity index (χ1v) is 33.5. The molecule has 0 unspecified atom stereocenters. The Kier molecular flexibility index (Phi) is 16.6. The van der Waals surface area contributed by atoms with E-state index in [-0.39, 0.29) is 17.2 Å². The van der Waals surface area contributed by atoms with E-state index < -0.39 is 0 Å². The number of phenols is 3. The summed E-state index contributed by atoms with van der Waals surface area (Å²) < 4.78 is 0. The summed E-state index contributed by atoms with van der Waals surface area (Å²) in [4.78, 5) is 0. The van der Waals surface area contributed by atoms with Crippen LogP contribution in [-0.4, -0.2) is 15.3 Å². The SMILES string of the molecule is Oc1ccc(-c2c(-c3ccccc3)cc(-c3cc(-c4cc(-c5ccccc5)c(-c5ccccc5)c(-c5ccc(O)cc5)c4-c4ccccc4)cc(-c4cc(-c5ccccc5)c(-c5ccccc5)c(-c5ccc(O)cc5)c4-c4ccccc4)c3)c(-c3ccccc3)c2-c2ccccc2)cc1. The fraction of sp³-hybridized carbons (Fsp3) is 0. The van der Waals surface area contributed by atoms with Crippen LogP contribution in [0.15, 0.2) is 382 Å². The molecule has 0 bridgehead atoms. The summed E-state index contributed by atoms with van der Waals surface area (Å²) in [5, 5.41) is 33.3. The van der Waals surface area contributed by atoms with Crippen molar-refractivity contribution >= 4 is 0 Å². The van der Waals surface area contributed by atoms with Crippen LogP contribution in [0.3, 0.4) is 0 Å². The minimum atomic E-state index is 0.183. The van der Waals surface area contributed by atoms with Gasteiger partial charge in [-0.3, -0.25) is 0 Å². The number of hydrogen-bond acceptors (Lipinski definition) is 3. The molecule has 0 fully saturated rings. The normalized spacial score (nSPS) is 11.2. The van der Waals surface area contributed by atoms with Crippen molar-refractivity contribution in [3.8, 4) is 184 Å². The Morgan fingerprint density at radius 1 is 0.111 bits per heavy atom. The van der Waals surface area contributed by atoms with E-state index in [0.717, 1.165) is 167 Å². The van der Waals surface area contributed by atoms with Crippen molar-refractivity contribution in [2.75, 3.05) is 0 Å². The molecular weight excluding hydrogens is 1200 g/mol. The molecule has 0 spiro atoms. The van der Waals surface area contributed by atoms with E-state index >= 15 is 0 Å². The van der Waals surface area contributed by atoms with E-state index in [0.29, 0.717) is 0 Å². The first-order chi connectivity index (χ1) is 48.9. The van der Waals surface area contributed by atoms with Crippen LogP contribution in [0.25, 0.3) is 167 Å². The molecule has 3 heteroatoms. The van der Waals surface area contributed by atoms with Crippen molar-refractivity contribution in [3.05, 3.63) is 382 Å². The molecule has 0 aliphatic rings. The summed E-state index contributed by atoms with van der Waals surface area (Å²) in [6, 6.07) is 134. The lowest BCUT2D eigenvalue weighted by Crippen LogP contribution is -2.01. The molecule has 16 aromatic carbocycles. The van der Waals surface area contributed by atoms with Gasteiger partial charge >= 0.3 is 0 Å². The topological polar surface area (TPSA) is 60.7 Å². The van der Waals surface area contributed by atoms with Gasteiger partial charge in [0.25, 0.3) is 0 Å². The Morgan fingerprint density at radius 2 is 0.253 bits per heavy atom. The van der Waals surface area contributed by atoms with Crippen LogP contribution in [0.4, 0.5) is 0 Å². The first kappa shape index (κ1) is 60.8. The fourth-order valence-electron chi connectivity index (χ4n) is 14.5. The van der Waals surface area contributed by atoms with Gasteiger partial charge in [0.2, 0.25) is 0 Å². The van der Waals surface area contributed by atoms with E-state index in [1.165, 1.54) is 0 Å². The van der Waals surface area contributed by atoms with E-state index in [1.54, 1.807) is 36.4 Å². The maximum absolute atomic E-state index is 11.2. The Labute approximate surface area is 578 Å². The summed E-state index contributed by atoms with van der Waals surface area (Å²) in [5.41, 5.74) is 30.7. The number of aromatic hydroxyl groups is 3. The predicted octanol–water partition coefficient (Wildman–Crippen LogP) is 25.8. The molecule has 99 heavy (non-hydrogen) atoms. The summed E-state index contributed by atoms with van der Waals surface area (Å²) in [6.45, 7) is 0. The van der Waals surface area contributed by atoms with Crippen LogP contribution in [0.1, 0.15) is 0 Å². The molecular formula is C96H66O3. The number of hydrogen-bond donors (Lipinski definition) is 3. The van der Waals surface area contributed by atoms with Gasteiger partial charge in [-0.05, 0) is 240 Å². The van der Waals surface area contributed by atoms with Gasteiger partial charge in [0.15, 0.2) is 0 Å². The molecule has 0 radical (unpaired) electrons. The van der Waals surface area contributed by atoms with Gasteiger partial charge in [-0.1, -0.05) is 309 Å². The maximum Gasteiger partial charge on any atom is 0.115 e. The molecule has 0 aromatic heterocycles. The minimum Gasteiger partial charge on any atom is -0.508 e. The third-order valence-corrected chi connectivity index (χ3v) is 18.9. The molecule has 3 N–H and O–H groups in total. The molecule has 0 heterocycles. The lowest BCUT2D eigenvalue weighted by molar-refractivity contribution is 0.475. The highest BCUT2D eigenvalue weighted by Gasteiger charge is 2.30. The van der Waals surface area contributed by atoms with Crippen molar-refractivity contribution in [1.29, 1.82) is 0 Å². The molecule has 468 valence electrons. The predicted molar refractivity (Wildman–Crippen MR) is 413 cm³/mol. The lowest BCUT2D eigenvalue weighted by atomic mass is 9.76. The average molecular weight is 1270 g/mol. The fourth-order valence-corrected chi connectivity index (χ4v) is 14.5. The quantitative estimate of drug-likeness (QED) is 0.0959. The summed E-state index contributed by atoms with van der Waals surface area (Å²) in [5.74, 6) is 0.557. The van der Waals surface area contributed by atoms with Gasteiger partial charge in [-0.2, -0.15) is 0 Å². The molecule has 0 amide bonds.